The van der Waals surface area contributed by atoms with E-state index in [0.717, 1.165) is 4.57 Å². The Balaban J connectivity index is 0.000000448. The zero-order valence-electron chi connectivity index (χ0n) is 16.1. The van der Waals surface area contributed by atoms with E-state index in [4.69, 9.17) is 28.9 Å². The number of nitrogens with one attached hydrogen (secondary N) is 2. The fraction of sp³-hybridized carbons (Fsp3) is 0.190. The van der Waals surface area contributed by atoms with Gasteiger partial charge in [0.1, 0.15) is 17.7 Å². The molecule has 0 bridgehead atoms. The molecule has 1 aliphatic rings. The SMILES string of the molecule is C1CCNC1.Nc1ncn(-c2c(Cl)cccc2Cl)c(=O)c1C(=O)Nc1ccccc1. The van der Waals surface area contributed by atoms with Crippen LogP contribution in [0.2, 0.25) is 10.0 Å². The van der Waals surface area contributed by atoms with Gasteiger partial charge in [-0.05, 0) is 50.2 Å². The Morgan fingerprint density at radius 1 is 1.03 bits per heavy atom. The van der Waals surface area contributed by atoms with Crippen LogP contribution >= 0.6 is 23.2 Å². The number of rotatable bonds is 3. The fourth-order valence-corrected chi connectivity index (χ4v) is 3.48. The van der Waals surface area contributed by atoms with Crippen LogP contribution in [0.4, 0.5) is 11.5 Å². The molecule has 2 aromatic carbocycles. The molecule has 3 aromatic rings. The van der Waals surface area contributed by atoms with Crippen LogP contribution in [0.25, 0.3) is 5.69 Å². The number of nitrogen functional groups attached to an aromatic ring is 1. The maximum atomic E-state index is 12.8. The summed E-state index contributed by atoms with van der Waals surface area (Å²) in [5.41, 5.74) is 5.55. The van der Waals surface area contributed by atoms with E-state index in [-0.39, 0.29) is 27.1 Å². The van der Waals surface area contributed by atoms with Crippen molar-refractivity contribution in [2.24, 2.45) is 0 Å². The highest BCUT2D eigenvalue weighted by Gasteiger charge is 2.20. The van der Waals surface area contributed by atoms with Gasteiger partial charge in [0.2, 0.25) is 0 Å². The Bertz CT molecular complexity index is 1050. The van der Waals surface area contributed by atoms with Crippen LogP contribution in [0.3, 0.4) is 0 Å². The molecule has 0 aliphatic carbocycles. The number of nitrogens with zero attached hydrogens (tertiary/aromatic N) is 2. The average molecular weight is 446 g/mol. The van der Waals surface area contributed by atoms with Crippen LogP contribution in [0.15, 0.2) is 59.7 Å². The molecule has 0 spiro atoms. The van der Waals surface area contributed by atoms with E-state index >= 15 is 0 Å². The number of hydrogen-bond acceptors (Lipinski definition) is 5. The number of para-hydroxylation sites is 2. The van der Waals surface area contributed by atoms with E-state index < -0.39 is 11.5 Å². The van der Waals surface area contributed by atoms with Gasteiger partial charge >= 0.3 is 0 Å². The van der Waals surface area contributed by atoms with Crippen molar-refractivity contribution < 1.29 is 4.79 Å². The molecule has 1 saturated heterocycles. The third-order valence-electron chi connectivity index (χ3n) is 4.40. The lowest BCUT2D eigenvalue weighted by Crippen LogP contribution is -2.30. The highest BCUT2D eigenvalue weighted by atomic mass is 35.5. The molecule has 7 nitrogen and oxygen atoms in total. The lowest BCUT2D eigenvalue weighted by molar-refractivity contribution is 0.102. The summed E-state index contributed by atoms with van der Waals surface area (Å²) in [6.07, 6.45) is 3.96. The first-order valence-corrected chi connectivity index (χ1v) is 10.1. The van der Waals surface area contributed by atoms with Crippen LogP contribution in [-0.2, 0) is 0 Å². The highest BCUT2D eigenvalue weighted by Crippen LogP contribution is 2.27. The lowest BCUT2D eigenvalue weighted by Gasteiger charge is -2.12. The first kappa shape index (κ1) is 21.8. The second-order valence-electron chi connectivity index (χ2n) is 6.53. The van der Waals surface area contributed by atoms with Gasteiger partial charge in [-0.15, -0.1) is 0 Å². The standard InChI is InChI=1S/C17H12Cl2N4O2.C4H9N/c18-11-7-4-8-12(19)14(11)23-9-21-15(20)13(17(23)25)16(24)22-10-5-2-1-3-6-10;1-2-4-5-3-1/h1-9H,20H2,(H,22,24);5H,1-4H2. The Morgan fingerprint density at radius 2 is 1.67 bits per heavy atom. The minimum absolute atomic E-state index is 0.183. The topological polar surface area (TPSA) is 102 Å². The van der Waals surface area contributed by atoms with Crippen molar-refractivity contribution in [1.82, 2.24) is 14.9 Å². The summed E-state index contributed by atoms with van der Waals surface area (Å²) >= 11 is 12.3. The predicted octanol–water partition coefficient (Wildman–Crippen LogP) is 3.74. The molecule has 4 rings (SSSR count). The van der Waals surface area contributed by atoms with Crippen LogP contribution < -0.4 is 21.9 Å². The molecule has 1 aromatic heterocycles. The summed E-state index contributed by atoms with van der Waals surface area (Å²) < 4.78 is 1.10. The summed E-state index contributed by atoms with van der Waals surface area (Å²) in [6.45, 7) is 2.50. The molecule has 0 saturated carbocycles. The van der Waals surface area contributed by atoms with Gasteiger partial charge in [-0.2, -0.15) is 0 Å². The number of anilines is 2. The summed E-state index contributed by atoms with van der Waals surface area (Å²) in [5.74, 6) is -0.850. The molecule has 9 heteroatoms. The van der Waals surface area contributed by atoms with E-state index in [1.54, 1.807) is 48.5 Å². The van der Waals surface area contributed by atoms with Gasteiger partial charge in [-0.3, -0.25) is 14.2 Å². The molecule has 30 heavy (non-hydrogen) atoms. The van der Waals surface area contributed by atoms with Gasteiger partial charge in [0.05, 0.1) is 15.7 Å². The van der Waals surface area contributed by atoms with Crippen molar-refractivity contribution in [3.63, 3.8) is 0 Å². The summed E-state index contributed by atoms with van der Waals surface area (Å²) in [4.78, 5) is 29.2. The Morgan fingerprint density at radius 3 is 2.23 bits per heavy atom. The quantitative estimate of drug-likeness (QED) is 0.569. The molecule has 156 valence electrons. The third-order valence-corrected chi connectivity index (χ3v) is 5.01. The van der Waals surface area contributed by atoms with E-state index in [0.29, 0.717) is 5.69 Å². The second kappa shape index (κ2) is 10.2. The summed E-state index contributed by atoms with van der Waals surface area (Å²) in [6, 6.07) is 13.5. The lowest BCUT2D eigenvalue weighted by atomic mass is 10.2. The number of carbonyl (C=O) groups is 1. The Hall–Kier alpha value is -2.87. The van der Waals surface area contributed by atoms with Gasteiger partial charge in [0.15, 0.2) is 0 Å². The molecule has 0 atom stereocenters. The normalized spacial score (nSPS) is 12.7. The van der Waals surface area contributed by atoms with Crippen molar-refractivity contribution in [3.8, 4) is 5.69 Å². The zero-order valence-corrected chi connectivity index (χ0v) is 17.6. The number of aromatic nitrogens is 2. The molecular weight excluding hydrogens is 425 g/mol. The number of benzene rings is 2. The van der Waals surface area contributed by atoms with E-state index in [9.17, 15) is 9.59 Å². The Labute approximate surface area is 183 Å². The Kier molecular flexibility index (Phi) is 7.46. The smallest absolute Gasteiger partial charge is 0.273 e. The van der Waals surface area contributed by atoms with Crippen molar-refractivity contribution in [1.29, 1.82) is 0 Å². The predicted molar refractivity (Wildman–Crippen MR) is 121 cm³/mol. The molecule has 1 fully saturated rings. The first-order chi connectivity index (χ1) is 14.5. The van der Waals surface area contributed by atoms with Crippen LogP contribution in [0, 0.1) is 0 Å². The van der Waals surface area contributed by atoms with E-state index in [2.05, 4.69) is 15.6 Å². The molecular formula is C21H21Cl2N5O2. The maximum Gasteiger partial charge on any atom is 0.273 e. The van der Waals surface area contributed by atoms with Crippen LogP contribution in [0.1, 0.15) is 23.2 Å². The molecule has 0 unspecified atom stereocenters. The van der Waals surface area contributed by atoms with Gasteiger partial charge in [-0.1, -0.05) is 47.5 Å². The van der Waals surface area contributed by atoms with Crippen molar-refractivity contribution >= 4 is 40.6 Å². The fourth-order valence-electron chi connectivity index (χ4n) is 2.90. The molecule has 1 aliphatic heterocycles. The number of hydrogen-bond donors (Lipinski definition) is 3. The molecule has 1 amide bonds. The number of nitrogens with two attached hydrogens (primary N) is 1. The van der Waals surface area contributed by atoms with Crippen molar-refractivity contribution in [2.75, 3.05) is 24.1 Å². The first-order valence-electron chi connectivity index (χ1n) is 9.37. The third kappa shape index (κ3) is 5.18. The van der Waals surface area contributed by atoms with Gasteiger partial charge in [0.25, 0.3) is 11.5 Å². The average Bonchev–Trinajstić information content (AvgIpc) is 3.30. The maximum absolute atomic E-state index is 12.8. The van der Waals surface area contributed by atoms with Gasteiger partial charge in [-0.25, -0.2) is 4.98 Å². The number of carbonyl (C=O) groups excluding carboxylic acids is 1. The van der Waals surface area contributed by atoms with E-state index in [1.165, 1.54) is 32.3 Å². The molecule has 0 radical (unpaired) electrons. The zero-order chi connectivity index (χ0) is 21.5. The minimum atomic E-state index is -0.670. The van der Waals surface area contributed by atoms with E-state index in [1.807, 2.05) is 0 Å². The number of amides is 1. The molecule has 2 heterocycles. The van der Waals surface area contributed by atoms with Crippen LogP contribution in [-0.4, -0.2) is 28.5 Å². The summed E-state index contributed by atoms with van der Waals surface area (Å²) in [5, 5.41) is 6.32. The number of halogens is 2. The summed E-state index contributed by atoms with van der Waals surface area (Å²) in [7, 11) is 0. The van der Waals surface area contributed by atoms with Crippen LogP contribution in [0.5, 0.6) is 0 Å². The highest BCUT2D eigenvalue weighted by molar-refractivity contribution is 6.37. The minimum Gasteiger partial charge on any atom is -0.383 e. The van der Waals surface area contributed by atoms with Crippen molar-refractivity contribution in [3.05, 3.63) is 80.8 Å². The van der Waals surface area contributed by atoms with Gasteiger partial charge in [0, 0.05) is 5.69 Å². The largest absolute Gasteiger partial charge is 0.383 e. The van der Waals surface area contributed by atoms with Crippen molar-refractivity contribution in [2.45, 2.75) is 12.8 Å². The monoisotopic (exact) mass is 445 g/mol. The second-order valence-corrected chi connectivity index (χ2v) is 7.34. The van der Waals surface area contributed by atoms with Gasteiger partial charge < -0.3 is 16.4 Å². The molecule has 4 N–H and O–H groups in total.